The maximum absolute atomic E-state index is 13.2. The summed E-state index contributed by atoms with van der Waals surface area (Å²) < 4.78 is 62.1. The summed E-state index contributed by atoms with van der Waals surface area (Å²) in [6, 6.07) is 4.06. The summed E-state index contributed by atoms with van der Waals surface area (Å²) in [4.78, 5) is 16.7. The van der Waals surface area contributed by atoms with Gasteiger partial charge in [0.1, 0.15) is 23.6 Å². The van der Waals surface area contributed by atoms with Gasteiger partial charge in [0.05, 0.1) is 12.5 Å². The molecule has 0 saturated carbocycles. The molecule has 3 aliphatic heterocycles. The molecule has 6 aromatic rings. The molecular formula is C35H43ClN12O4S2. The first-order valence-corrected chi connectivity index (χ1v) is 21.5. The fraction of sp³-hybridized carbons (Fsp3) is 0.486. The topological polar surface area (TPSA) is 171 Å². The molecule has 54 heavy (non-hydrogen) atoms. The number of rotatable bonds is 6. The van der Waals surface area contributed by atoms with Gasteiger partial charge in [0.15, 0.2) is 16.3 Å². The van der Waals surface area contributed by atoms with Crippen LogP contribution in [0.1, 0.15) is 78.4 Å². The monoisotopic (exact) mass is 794 g/mol. The number of piperidine rings is 2. The molecule has 0 N–H and O–H groups in total. The Kier molecular flexibility index (Phi) is 9.83. The lowest BCUT2D eigenvalue weighted by Crippen LogP contribution is -2.39. The Balaban J connectivity index is 0.000000154. The predicted molar refractivity (Wildman–Crippen MR) is 200 cm³/mol. The SMILES string of the molecule is Cc1cc2ncnn2cc1C1CCN(S(=O)(=O)c2cnc3n2CCCC3)CC1.Cc1cc2ncnn2cc1C1CCN(S(=O)(=O)c2ncn(C)c2Cl)CC1. The molecule has 19 heteroatoms. The molecule has 0 unspecified atom stereocenters. The molecule has 0 aliphatic carbocycles. The number of sulfonamides is 2. The molecule has 2 saturated heterocycles. The Morgan fingerprint density at radius 1 is 0.704 bits per heavy atom. The highest BCUT2D eigenvalue weighted by atomic mass is 35.5. The van der Waals surface area contributed by atoms with Crippen molar-refractivity contribution in [2.45, 2.75) is 87.2 Å². The van der Waals surface area contributed by atoms with E-state index in [-0.39, 0.29) is 16.1 Å². The van der Waals surface area contributed by atoms with Crippen molar-refractivity contribution in [2.24, 2.45) is 7.05 Å². The predicted octanol–water partition coefficient (Wildman–Crippen LogP) is 4.13. The summed E-state index contributed by atoms with van der Waals surface area (Å²) in [7, 11) is -5.50. The van der Waals surface area contributed by atoms with Gasteiger partial charge in [-0.1, -0.05) is 11.6 Å². The highest BCUT2D eigenvalue weighted by Gasteiger charge is 2.35. The minimum absolute atomic E-state index is 0.0691. The van der Waals surface area contributed by atoms with Crippen LogP contribution in [0.5, 0.6) is 0 Å². The first kappa shape index (κ1) is 36.7. The molecule has 3 aliphatic rings. The first-order valence-electron chi connectivity index (χ1n) is 18.2. The van der Waals surface area contributed by atoms with Crippen LogP contribution in [-0.2, 0) is 40.1 Å². The Bertz CT molecular complexity index is 2540. The van der Waals surface area contributed by atoms with Gasteiger partial charge in [-0.05, 0) is 98.6 Å². The van der Waals surface area contributed by atoms with Crippen LogP contribution in [0.3, 0.4) is 0 Å². The van der Waals surface area contributed by atoms with Gasteiger partial charge in [-0.3, -0.25) is 0 Å². The molecule has 0 aromatic carbocycles. The van der Waals surface area contributed by atoms with Crippen LogP contribution in [0.2, 0.25) is 5.15 Å². The molecule has 0 bridgehead atoms. The van der Waals surface area contributed by atoms with Crippen molar-refractivity contribution < 1.29 is 16.8 Å². The summed E-state index contributed by atoms with van der Waals surface area (Å²) in [5, 5.41) is 8.86. The maximum atomic E-state index is 13.2. The van der Waals surface area contributed by atoms with Crippen molar-refractivity contribution in [1.29, 1.82) is 0 Å². The smallest absolute Gasteiger partial charge is 0.263 e. The van der Waals surface area contributed by atoms with E-state index >= 15 is 0 Å². The molecule has 0 atom stereocenters. The van der Waals surface area contributed by atoms with E-state index < -0.39 is 20.0 Å². The van der Waals surface area contributed by atoms with Crippen molar-refractivity contribution in [3.63, 3.8) is 0 Å². The van der Waals surface area contributed by atoms with E-state index in [1.165, 1.54) is 38.2 Å². The third kappa shape index (κ3) is 6.71. The summed E-state index contributed by atoms with van der Waals surface area (Å²) in [6.07, 6.45) is 16.1. The fourth-order valence-electron chi connectivity index (χ4n) is 8.03. The summed E-state index contributed by atoms with van der Waals surface area (Å²) in [5.74, 6) is 1.52. The largest absolute Gasteiger partial charge is 0.324 e. The average molecular weight is 795 g/mol. The third-order valence-corrected chi connectivity index (χ3v) is 15.4. The Hall–Kier alpha value is -4.23. The van der Waals surface area contributed by atoms with E-state index in [9.17, 15) is 16.8 Å². The second kappa shape index (κ2) is 14.4. The van der Waals surface area contributed by atoms with E-state index in [0.717, 1.165) is 74.2 Å². The molecule has 9 rings (SSSR count). The van der Waals surface area contributed by atoms with Crippen LogP contribution in [0.4, 0.5) is 0 Å². The average Bonchev–Trinajstić information content (AvgIpc) is 3.99. The molecule has 0 spiro atoms. The van der Waals surface area contributed by atoms with Crippen LogP contribution >= 0.6 is 11.6 Å². The van der Waals surface area contributed by atoms with E-state index in [2.05, 4.69) is 44.0 Å². The van der Waals surface area contributed by atoms with Gasteiger partial charge in [0, 0.05) is 58.6 Å². The van der Waals surface area contributed by atoms with Gasteiger partial charge in [0.2, 0.25) is 5.03 Å². The number of imidazole rings is 2. The number of aryl methyl sites for hydroxylation is 4. The van der Waals surface area contributed by atoms with Crippen molar-refractivity contribution in [2.75, 3.05) is 26.2 Å². The van der Waals surface area contributed by atoms with Gasteiger partial charge >= 0.3 is 0 Å². The second-order valence-corrected chi connectivity index (χ2v) is 18.5. The minimum Gasteiger partial charge on any atom is -0.324 e. The zero-order chi connectivity index (χ0) is 37.8. The van der Waals surface area contributed by atoms with Crippen LogP contribution in [-0.4, -0.2) is 99.9 Å². The van der Waals surface area contributed by atoms with Crippen LogP contribution in [0, 0.1) is 13.8 Å². The molecular weight excluding hydrogens is 752 g/mol. The maximum Gasteiger partial charge on any atom is 0.263 e. The standard InChI is InChI=1S/C19H24N6O2S.C16H19ClN6O2S/c1-14-10-18-21-13-22-25(18)12-16(14)15-5-8-23(9-6-15)28(26,27)19-11-20-17-4-2-3-7-24(17)19;1-11-7-14-18-9-20-23(14)8-13(11)12-3-5-22(6-4-12)26(24,25)16-15(17)21(2)10-19-16/h10-13,15H,2-9H2,1H3;7-10,12H,3-6H2,1-2H3. The first-order chi connectivity index (χ1) is 25.9. The zero-order valence-corrected chi connectivity index (χ0v) is 32.8. The number of fused-ring (bicyclic) bond motifs is 3. The Morgan fingerprint density at radius 2 is 1.24 bits per heavy atom. The number of halogens is 1. The lowest BCUT2D eigenvalue weighted by Gasteiger charge is -2.32. The number of nitrogens with zero attached hydrogens (tertiary/aromatic N) is 12. The fourth-order valence-corrected chi connectivity index (χ4v) is 11.5. The van der Waals surface area contributed by atoms with E-state index in [1.54, 1.807) is 32.9 Å². The number of hydrogen-bond donors (Lipinski definition) is 0. The quantitative estimate of drug-likeness (QED) is 0.239. The van der Waals surface area contributed by atoms with Gasteiger partial charge in [-0.25, -0.2) is 45.8 Å². The van der Waals surface area contributed by atoms with Crippen molar-refractivity contribution in [3.8, 4) is 0 Å². The van der Waals surface area contributed by atoms with Gasteiger partial charge < -0.3 is 9.13 Å². The van der Waals surface area contributed by atoms with Crippen LogP contribution in [0.15, 0.2) is 59.8 Å². The number of aromatic nitrogens is 10. The molecule has 0 radical (unpaired) electrons. The third-order valence-electron chi connectivity index (χ3n) is 11.1. The molecule has 16 nitrogen and oxygen atoms in total. The normalized spacial score (nSPS) is 18.2. The minimum atomic E-state index is -3.67. The van der Waals surface area contributed by atoms with Gasteiger partial charge in [0.25, 0.3) is 20.0 Å². The number of hydrogen-bond acceptors (Lipinski definition) is 10. The molecule has 2 fully saturated rings. The highest BCUT2D eigenvalue weighted by Crippen LogP contribution is 2.35. The van der Waals surface area contributed by atoms with Gasteiger partial charge in [-0.2, -0.15) is 18.8 Å². The van der Waals surface area contributed by atoms with Crippen LogP contribution in [0.25, 0.3) is 11.3 Å². The summed E-state index contributed by atoms with van der Waals surface area (Å²) >= 11 is 6.08. The highest BCUT2D eigenvalue weighted by molar-refractivity contribution is 7.89. The molecule has 0 amide bonds. The lowest BCUT2D eigenvalue weighted by atomic mass is 9.89. The molecule has 6 aromatic heterocycles. The molecule has 286 valence electrons. The zero-order valence-electron chi connectivity index (χ0n) is 30.5. The van der Waals surface area contributed by atoms with E-state index in [1.807, 2.05) is 29.1 Å². The Morgan fingerprint density at radius 3 is 1.76 bits per heavy atom. The number of pyridine rings is 2. The van der Waals surface area contributed by atoms with Crippen LogP contribution < -0.4 is 0 Å². The van der Waals surface area contributed by atoms with E-state index in [0.29, 0.717) is 37.1 Å². The van der Waals surface area contributed by atoms with Crippen molar-refractivity contribution in [1.82, 2.24) is 56.9 Å². The lowest BCUT2D eigenvalue weighted by molar-refractivity contribution is 0.315. The Labute approximate surface area is 318 Å². The molecule has 9 heterocycles. The van der Waals surface area contributed by atoms with E-state index in [4.69, 9.17) is 11.6 Å². The summed E-state index contributed by atoms with van der Waals surface area (Å²) in [6.45, 7) is 6.83. The summed E-state index contributed by atoms with van der Waals surface area (Å²) in [5.41, 5.74) is 6.42. The van der Waals surface area contributed by atoms with Crippen molar-refractivity contribution >= 4 is 42.9 Å². The second-order valence-electron chi connectivity index (χ2n) is 14.4. The van der Waals surface area contributed by atoms with Gasteiger partial charge in [-0.15, -0.1) is 0 Å². The van der Waals surface area contributed by atoms with Crippen molar-refractivity contribution in [3.05, 3.63) is 82.9 Å².